The molecule has 0 amide bonds. The van der Waals surface area contributed by atoms with E-state index in [1.807, 2.05) is 50.2 Å². The Morgan fingerprint density at radius 1 is 0.920 bits per heavy atom. The van der Waals surface area contributed by atoms with Crippen LogP contribution in [0, 0.1) is 0 Å². The fourth-order valence-corrected chi connectivity index (χ4v) is 1.96. The lowest BCUT2D eigenvalue weighted by molar-refractivity contribution is 0.974. The third kappa shape index (κ3) is 5.73. The van der Waals surface area contributed by atoms with Gasteiger partial charge in [0.1, 0.15) is 5.82 Å². The molecule has 25 heavy (non-hydrogen) atoms. The highest BCUT2D eigenvalue weighted by Crippen LogP contribution is 2.14. The van der Waals surface area contributed by atoms with E-state index >= 15 is 0 Å². The monoisotopic (exact) mass is 373 g/mol. The average Bonchev–Trinajstić information content (AvgIpc) is 2.63. The van der Waals surface area contributed by atoms with Crippen molar-refractivity contribution in [2.75, 3.05) is 12.4 Å². The maximum absolute atomic E-state index is 5.23. The lowest BCUT2D eigenvalue weighted by Crippen LogP contribution is -2.30. The highest BCUT2D eigenvalue weighted by atomic mass is 32.1. The van der Waals surface area contributed by atoms with Gasteiger partial charge in [-0.05, 0) is 56.5 Å². The minimum absolute atomic E-state index is 0.341. The van der Waals surface area contributed by atoms with Crippen LogP contribution in [0.25, 0.3) is 10.9 Å². The van der Waals surface area contributed by atoms with E-state index in [1.165, 1.54) is 0 Å². The minimum Gasteiger partial charge on any atom is -0.364 e. The largest absolute Gasteiger partial charge is 0.364 e. The first-order valence-electron chi connectivity index (χ1n) is 7.49. The van der Waals surface area contributed by atoms with Gasteiger partial charge in [-0.25, -0.2) is 4.98 Å². The third-order valence-electron chi connectivity index (χ3n) is 3.24. The van der Waals surface area contributed by atoms with Crippen molar-refractivity contribution < 1.29 is 0 Å². The zero-order valence-electron chi connectivity index (χ0n) is 14.1. The number of thiocarbonyl (C=S) groups is 2. The normalized spacial score (nSPS) is 11.8. The summed E-state index contributed by atoms with van der Waals surface area (Å²) in [4.78, 5) is 4.49. The molecule has 0 atom stereocenters. The Bertz CT molecular complexity index is 845. The highest BCUT2D eigenvalue weighted by Gasteiger charge is 2.02. The van der Waals surface area contributed by atoms with Crippen molar-refractivity contribution in [3.63, 3.8) is 0 Å². The molecule has 1 aromatic carbocycles. The highest BCUT2D eigenvalue weighted by molar-refractivity contribution is 7.80. The Kier molecular flexibility index (Phi) is 6.72. The molecule has 2 aromatic rings. The van der Waals surface area contributed by atoms with Gasteiger partial charge in [0.2, 0.25) is 0 Å². The molecule has 4 N–H and O–H groups in total. The number of hydrogen-bond acceptors (Lipinski definition) is 5. The summed E-state index contributed by atoms with van der Waals surface area (Å²) < 4.78 is 0. The molecular weight excluding hydrogens is 354 g/mol. The Hall–Kier alpha value is -2.65. The van der Waals surface area contributed by atoms with Crippen molar-refractivity contribution in [3.05, 3.63) is 36.4 Å². The topological polar surface area (TPSA) is 85.7 Å². The predicted molar refractivity (Wildman–Crippen MR) is 112 cm³/mol. The Labute approximate surface area is 157 Å². The van der Waals surface area contributed by atoms with E-state index in [2.05, 4.69) is 36.7 Å². The number of benzene rings is 1. The van der Waals surface area contributed by atoms with Gasteiger partial charge in [0.05, 0.1) is 16.9 Å². The fourth-order valence-electron chi connectivity index (χ4n) is 1.77. The van der Waals surface area contributed by atoms with Crippen LogP contribution in [0.2, 0.25) is 0 Å². The molecule has 7 nitrogen and oxygen atoms in total. The van der Waals surface area contributed by atoms with Crippen LogP contribution in [0.5, 0.6) is 0 Å². The lowest BCUT2D eigenvalue weighted by atomic mass is 10.2. The van der Waals surface area contributed by atoms with Crippen molar-refractivity contribution in [2.45, 2.75) is 13.8 Å². The van der Waals surface area contributed by atoms with Crippen molar-refractivity contribution in [2.24, 2.45) is 10.2 Å². The SMILES string of the molecule is CNC(=S)N/N=C(C)/C(C)=N/NC(=S)Nc1ccc2ccccc2n1. The van der Waals surface area contributed by atoms with E-state index in [4.69, 9.17) is 24.4 Å². The van der Waals surface area contributed by atoms with Crippen LogP contribution in [0.3, 0.4) is 0 Å². The van der Waals surface area contributed by atoms with Gasteiger partial charge >= 0.3 is 0 Å². The molecule has 130 valence electrons. The summed E-state index contributed by atoms with van der Waals surface area (Å²) in [7, 11) is 1.72. The third-order valence-corrected chi connectivity index (χ3v) is 3.73. The molecule has 1 heterocycles. The molecule has 0 aliphatic heterocycles. The number of aromatic nitrogens is 1. The number of hydrazone groups is 2. The predicted octanol–water partition coefficient (Wildman–Crippen LogP) is 2.37. The first kappa shape index (κ1) is 18.7. The van der Waals surface area contributed by atoms with E-state index in [1.54, 1.807) is 7.05 Å². The standard InChI is InChI=1S/C16H19N7S2/c1-10(20-22-15(24)17-3)11(2)21-23-16(25)19-14-9-8-12-6-4-5-7-13(12)18-14/h4-9H,1-3H3,(H2,17,22,24)(H2,18,19,23,25)/b20-10+,21-11+. The van der Waals surface area contributed by atoms with E-state index in [9.17, 15) is 0 Å². The second-order valence-corrected chi connectivity index (χ2v) is 5.86. The molecule has 1 aromatic heterocycles. The number of para-hydroxylation sites is 1. The van der Waals surface area contributed by atoms with Crippen LogP contribution in [0.1, 0.15) is 13.8 Å². The van der Waals surface area contributed by atoms with Crippen molar-refractivity contribution in [3.8, 4) is 0 Å². The molecule has 0 saturated heterocycles. The fraction of sp³-hybridized carbons (Fsp3) is 0.188. The van der Waals surface area contributed by atoms with Gasteiger partial charge in [0, 0.05) is 12.4 Å². The number of hydrogen-bond donors (Lipinski definition) is 4. The summed E-state index contributed by atoms with van der Waals surface area (Å²) in [6.45, 7) is 3.62. The molecule has 0 radical (unpaired) electrons. The van der Waals surface area contributed by atoms with E-state index in [0.717, 1.165) is 10.9 Å². The summed E-state index contributed by atoms with van der Waals surface area (Å²) in [5.41, 5.74) is 7.71. The van der Waals surface area contributed by atoms with Gasteiger partial charge in [-0.2, -0.15) is 10.2 Å². The molecule has 0 saturated carbocycles. The van der Waals surface area contributed by atoms with Crippen LogP contribution >= 0.6 is 24.4 Å². The van der Waals surface area contributed by atoms with Gasteiger partial charge in [0.25, 0.3) is 0 Å². The molecule has 0 aliphatic rings. The lowest BCUT2D eigenvalue weighted by Gasteiger charge is -2.08. The van der Waals surface area contributed by atoms with E-state index < -0.39 is 0 Å². The summed E-state index contributed by atoms with van der Waals surface area (Å²) in [6.07, 6.45) is 0. The Balaban J connectivity index is 1.95. The summed E-state index contributed by atoms with van der Waals surface area (Å²) >= 11 is 10.2. The molecule has 0 bridgehead atoms. The van der Waals surface area contributed by atoms with Crippen LogP contribution in [0.4, 0.5) is 5.82 Å². The summed E-state index contributed by atoms with van der Waals surface area (Å²) in [6, 6.07) is 11.7. The maximum Gasteiger partial charge on any atom is 0.192 e. The van der Waals surface area contributed by atoms with Crippen LogP contribution in [-0.2, 0) is 0 Å². The molecule has 0 fully saturated rings. The zero-order chi connectivity index (χ0) is 18.2. The number of nitrogens with zero attached hydrogens (tertiary/aromatic N) is 3. The smallest absolute Gasteiger partial charge is 0.192 e. The summed E-state index contributed by atoms with van der Waals surface area (Å²) in [5.74, 6) is 0.649. The molecular formula is C16H19N7S2. The first-order valence-corrected chi connectivity index (χ1v) is 8.30. The van der Waals surface area contributed by atoms with Gasteiger partial charge in [-0.3, -0.25) is 10.9 Å². The van der Waals surface area contributed by atoms with Crippen molar-refractivity contribution in [1.29, 1.82) is 0 Å². The van der Waals surface area contributed by atoms with Gasteiger partial charge in [0.15, 0.2) is 10.2 Å². The van der Waals surface area contributed by atoms with Crippen LogP contribution in [-0.4, -0.2) is 33.7 Å². The maximum atomic E-state index is 5.23. The van der Waals surface area contributed by atoms with E-state index in [0.29, 0.717) is 27.5 Å². The number of pyridine rings is 1. The number of anilines is 1. The Morgan fingerprint density at radius 2 is 1.56 bits per heavy atom. The number of nitrogens with one attached hydrogen (secondary N) is 4. The molecule has 0 spiro atoms. The quantitative estimate of drug-likeness (QED) is 0.372. The number of rotatable bonds is 4. The second kappa shape index (κ2) is 9.00. The molecule has 2 rings (SSSR count). The average molecular weight is 374 g/mol. The minimum atomic E-state index is 0.341. The second-order valence-electron chi connectivity index (χ2n) is 5.04. The van der Waals surface area contributed by atoms with E-state index in [-0.39, 0.29) is 0 Å². The van der Waals surface area contributed by atoms with Crippen LogP contribution in [0.15, 0.2) is 46.6 Å². The first-order chi connectivity index (χ1) is 12.0. The van der Waals surface area contributed by atoms with Crippen molar-refractivity contribution >= 4 is 62.8 Å². The number of fused-ring (bicyclic) bond motifs is 1. The molecule has 0 unspecified atom stereocenters. The molecule has 9 heteroatoms. The van der Waals surface area contributed by atoms with Gasteiger partial charge in [-0.15, -0.1) is 0 Å². The zero-order valence-corrected chi connectivity index (χ0v) is 15.8. The van der Waals surface area contributed by atoms with Gasteiger partial charge < -0.3 is 10.6 Å². The van der Waals surface area contributed by atoms with Crippen molar-refractivity contribution in [1.82, 2.24) is 21.2 Å². The van der Waals surface area contributed by atoms with Gasteiger partial charge in [-0.1, -0.05) is 18.2 Å². The van der Waals surface area contributed by atoms with Crippen LogP contribution < -0.4 is 21.5 Å². The molecule has 0 aliphatic carbocycles. The Morgan fingerprint density at radius 3 is 2.24 bits per heavy atom. The summed E-state index contributed by atoms with van der Waals surface area (Å²) in [5, 5.41) is 15.9.